The van der Waals surface area contributed by atoms with Crippen molar-refractivity contribution in [1.82, 2.24) is 4.90 Å². The molecule has 1 aromatic rings. The molecule has 21 heavy (non-hydrogen) atoms. The Morgan fingerprint density at radius 3 is 2.52 bits per heavy atom. The molecule has 2 rings (SSSR count). The summed E-state index contributed by atoms with van der Waals surface area (Å²) < 4.78 is 10.5. The Bertz CT molecular complexity index is 446. The van der Waals surface area contributed by atoms with Gasteiger partial charge in [-0.3, -0.25) is 0 Å². The summed E-state index contributed by atoms with van der Waals surface area (Å²) in [7, 11) is 3.23. The van der Waals surface area contributed by atoms with Crippen LogP contribution >= 0.6 is 0 Å². The number of ether oxygens (including phenoxy) is 2. The maximum absolute atomic E-state index is 10.5. The summed E-state index contributed by atoms with van der Waals surface area (Å²) in [4.78, 5) is 2.37. The normalized spacial score (nSPS) is 16.0. The van der Waals surface area contributed by atoms with Crippen molar-refractivity contribution in [2.45, 2.75) is 32.3 Å². The van der Waals surface area contributed by atoms with Gasteiger partial charge in [-0.1, -0.05) is 13.0 Å². The van der Waals surface area contributed by atoms with E-state index in [0.717, 1.165) is 31.0 Å². The van der Waals surface area contributed by atoms with Crippen LogP contribution in [0.25, 0.3) is 0 Å². The van der Waals surface area contributed by atoms with Gasteiger partial charge in [-0.15, -0.1) is 0 Å². The Hall–Kier alpha value is -1.26. The number of hydrogen-bond acceptors (Lipinski definition) is 4. The van der Waals surface area contributed by atoms with Gasteiger partial charge in [0, 0.05) is 13.1 Å². The topological polar surface area (TPSA) is 41.9 Å². The summed E-state index contributed by atoms with van der Waals surface area (Å²) in [5, 5.41) is 10.5. The molecule has 0 amide bonds. The van der Waals surface area contributed by atoms with Gasteiger partial charge in [0.05, 0.1) is 20.3 Å². The summed E-state index contributed by atoms with van der Waals surface area (Å²) in [6.45, 7) is 5.02. The van der Waals surface area contributed by atoms with E-state index in [1.807, 2.05) is 18.2 Å². The second-order valence-electron chi connectivity index (χ2n) is 5.83. The molecule has 1 saturated carbocycles. The van der Waals surface area contributed by atoms with Gasteiger partial charge >= 0.3 is 0 Å². The molecule has 118 valence electrons. The van der Waals surface area contributed by atoms with E-state index in [2.05, 4.69) is 11.8 Å². The summed E-state index contributed by atoms with van der Waals surface area (Å²) in [5.74, 6) is 2.20. The summed E-state index contributed by atoms with van der Waals surface area (Å²) >= 11 is 0. The van der Waals surface area contributed by atoms with Crippen molar-refractivity contribution in [2.75, 3.05) is 33.9 Å². The molecule has 1 aromatic carbocycles. The zero-order valence-corrected chi connectivity index (χ0v) is 13.3. The predicted molar refractivity (Wildman–Crippen MR) is 84.0 cm³/mol. The highest BCUT2D eigenvalue weighted by molar-refractivity contribution is 5.43. The minimum absolute atomic E-state index is 0.491. The van der Waals surface area contributed by atoms with Crippen molar-refractivity contribution in [2.24, 2.45) is 5.92 Å². The van der Waals surface area contributed by atoms with Crippen LogP contribution in [0, 0.1) is 5.92 Å². The van der Waals surface area contributed by atoms with E-state index in [9.17, 15) is 5.11 Å². The Labute approximate surface area is 127 Å². The predicted octanol–water partition coefficient (Wildman–Crippen LogP) is 2.86. The van der Waals surface area contributed by atoms with Crippen LogP contribution in [0.3, 0.4) is 0 Å². The summed E-state index contributed by atoms with van der Waals surface area (Å²) in [5.41, 5.74) is 0.879. The van der Waals surface area contributed by atoms with E-state index in [-0.39, 0.29) is 0 Å². The molecule has 0 radical (unpaired) electrons. The van der Waals surface area contributed by atoms with Gasteiger partial charge < -0.3 is 19.5 Å². The van der Waals surface area contributed by atoms with Crippen molar-refractivity contribution in [3.63, 3.8) is 0 Å². The smallest absolute Gasteiger partial charge is 0.161 e. The number of aliphatic hydroxyl groups is 1. The number of rotatable bonds is 9. The molecule has 1 aliphatic carbocycles. The van der Waals surface area contributed by atoms with Crippen LogP contribution < -0.4 is 9.47 Å². The summed E-state index contributed by atoms with van der Waals surface area (Å²) in [6.07, 6.45) is 3.31. The average molecular weight is 293 g/mol. The third kappa shape index (κ3) is 4.61. The Kier molecular flexibility index (Phi) is 5.88. The van der Waals surface area contributed by atoms with Crippen molar-refractivity contribution in [3.05, 3.63) is 23.8 Å². The molecule has 4 heteroatoms. The van der Waals surface area contributed by atoms with Crippen LogP contribution in [-0.4, -0.2) is 43.9 Å². The second kappa shape index (κ2) is 7.66. The summed E-state index contributed by atoms with van der Waals surface area (Å²) in [6, 6.07) is 5.63. The molecule has 0 heterocycles. The Morgan fingerprint density at radius 2 is 1.95 bits per heavy atom. The molecule has 1 N–H and O–H groups in total. The van der Waals surface area contributed by atoms with Crippen LogP contribution in [0.2, 0.25) is 0 Å². The van der Waals surface area contributed by atoms with Gasteiger partial charge in [0.1, 0.15) is 0 Å². The SMILES string of the molecule is CCCN(CC1CC1)CC(O)c1ccc(OC)c(OC)c1. The van der Waals surface area contributed by atoms with E-state index in [0.29, 0.717) is 18.0 Å². The molecule has 0 aromatic heterocycles. The van der Waals surface area contributed by atoms with E-state index < -0.39 is 6.10 Å². The molecule has 0 saturated heterocycles. The minimum Gasteiger partial charge on any atom is -0.493 e. The van der Waals surface area contributed by atoms with Crippen molar-refractivity contribution >= 4 is 0 Å². The average Bonchev–Trinajstić information content (AvgIpc) is 3.30. The fourth-order valence-electron chi connectivity index (χ4n) is 2.65. The van der Waals surface area contributed by atoms with Crippen LogP contribution in [0.5, 0.6) is 11.5 Å². The number of aliphatic hydroxyl groups excluding tert-OH is 1. The van der Waals surface area contributed by atoms with Crippen LogP contribution in [0.1, 0.15) is 37.9 Å². The van der Waals surface area contributed by atoms with E-state index >= 15 is 0 Å². The first-order chi connectivity index (χ1) is 10.2. The first-order valence-corrected chi connectivity index (χ1v) is 7.80. The van der Waals surface area contributed by atoms with Crippen LogP contribution in [-0.2, 0) is 0 Å². The number of hydrogen-bond donors (Lipinski definition) is 1. The van der Waals surface area contributed by atoms with Gasteiger partial charge in [0.2, 0.25) is 0 Å². The highest BCUT2D eigenvalue weighted by atomic mass is 16.5. The third-order valence-corrected chi connectivity index (χ3v) is 3.98. The quantitative estimate of drug-likeness (QED) is 0.760. The molecule has 1 fully saturated rings. The largest absolute Gasteiger partial charge is 0.493 e. The first kappa shape index (κ1) is 16.1. The highest BCUT2D eigenvalue weighted by Crippen LogP contribution is 2.32. The van der Waals surface area contributed by atoms with Gasteiger partial charge in [-0.25, -0.2) is 0 Å². The molecule has 0 spiro atoms. The van der Waals surface area contributed by atoms with Gasteiger partial charge in [-0.05, 0) is 49.4 Å². The standard InChI is InChI=1S/C17H27NO3/c1-4-9-18(11-13-5-6-13)12-15(19)14-7-8-16(20-2)17(10-14)21-3/h7-8,10,13,15,19H,4-6,9,11-12H2,1-3H3. The van der Waals surface area contributed by atoms with Crippen molar-refractivity contribution in [1.29, 1.82) is 0 Å². The lowest BCUT2D eigenvalue weighted by Crippen LogP contribution is -2.31. The van der Waals surface area contributed by atoms with Gasteiger partial charge in [0.15, 0.2) is 11.5 Å². The fourth-order valence-corrected chi connectivity index (χ4v) is 2.65. The molecule has 1 aliphatic rings. The lowest BCUT2D eigenvalue weighted by Gasteiger charge is -2.25. The molecule has 0 bridgehead atoms. The van der Waals surface area contributed by atoms with Gasteiger partial charge in [0.25, 0.3) is 0 Å². The Morgan fingerprint density at radius 1 is 1.24 bits per heavy atom. The second-order valence-corrected chi connectivity index (χ2v) is 5.83. The van der Waals surface area contributed by atoms with Crippen LogP contribution in [0.4, 0.5) is 0 Å². The molecule has 1 unspecified atom stereocenters. The molecule has 0 aliphatic heterocycles. The number of methoxy groups -OCH3 is 2. The highest BCUT2D eigenvalue weighted by Gasteiger charge is 2.25. The van der Waals surface area contributed by atoms with E-state index in [1.165, 1.54) is 12.8 Å². The Balaban J connectivity index is 2.01. The van der Waals surface area contributed by atoms with Crippen LogP contribution in [0.15, 0.2) is 18.2 Å². The lowest BCUT2D eigenvalue weighted by atomic mass is 10.1. The van der Waals surface area contributed by atoms with Crippen molar-refractivity contribution < 1.29 is 14.6 Å². The molecular weight excluding hydrogens is 266 g/mol. The first-order valence-electron chi connectivity index (χ1n) is 7.80. The number of benzene rings is 1. The van der Waals surface area contributed by atoms with E-state index in [1.54, 1.807) is 14.2 Å². The zero-order valence-electron chi connectivity index (χ0n) is 13.3. The fraction of sp³-hybridized carbons (Fsp3) is 0.647. The third-order valence-electron chi connectivity index (χ3n) is 3.98. The maximum Gasteiger partial charge on any atom is 0.161 e. The number of nitrogens with zero attached hydrogens (tertiary/aromatic N) is 1. The van der Waals surface area contributed by atoms with Crippen molar-refractivity contribution in [3.8, 4) is 11.5 Å². The van der Waals surface area contributed by atoms with E-state index in [4.69, 9.17) is 9.47 Å². The minimum atomic E-state index is -0.491. The molecule has 4 nitrogen and oxygen atoms in total. The lowest BCUT2D eigenvalue weighted by molar-refractivity contribution is 0.110. The molecule has 1 atom stereocenters. The maximum atomic E-state index is 10.5. The monoisotopic (exact) mass is 293 g/mol. The molecular formula is C17H27NO3. The van der Waals surface area contributed by atoms with Gasteiger partial charge in [-0.2, -0.15) is 0 Å². The zero-order chi connectivity index (χ0) is 15.2.